The lowest BCUT2D eigenvalue weighted by molar-refractivity contribution is 0.249. The van der Waals surface area contributed by atoms with Crippen molar-refractivity contribution in [1.82, 2.24) is 20.1 Å². The molecule has 1 aromatic heterocycles. The first-order chi connectivity index (χ1) is 13.8. The van der Waals surface area contributed by atoms with E-state index in [2.05, 4.69) is 91.8 Å². The summed E-state index contributed by atoms with van der Waals surface area (Å²) in [7, 11) is 0. The average molecular weight is 374 g/mol. The molecule has 2 heterocycles. The summed E-state index contributed by atoms with van der Waals surface area (Å²) in [5.74, 6) is 1.47. The van der Waals surface area contributed by atoms with Crippen LogP contribution in [0.15, 0.2) is 60.8 Å². The van der Waals surface area contributed by atoms with E-state index in [4.69, 9.17) is 0 Å². The van der Waals surface area contributed by atoms with Crippen LogP contribution in [0.2, 0.25) is 0 Å². The van der Waals surface area contributed by atoms with E-state index >= 15 is 0 Å². The Kier molecular flexibility index (Phi) is 5.77. The molecule has 1 aliphatic rings. The first-order valence-electron chi connectivity index (χ1n) is 9.77. The van der Waals surface area contributed by atoms with E-state index in [1.807, 2.05) is 0 Å². The summed E-state index contributed by atoms with van der Waals surface area (Å²) in [6, 6.07) is 19.0. The van der Waals surface area contributed by atoms with E-state index in [0.29, 0.717) is 12.5 Å². The first kappa shape index (κ1) is 18.4. The Balaban J connectivity index is 1.33. The van der Waals surface area contributed by atoms with Gasteiger partial charge in [-0.3, -0.25) is 4.90 Å². The van der Waals surface area contributed by atoms with Crippen molar-refractivity contribution < 1.29 is 0 Å². The summed E-state index contributed by atoms with van der Waals surface area (Å²) in [5.41, 5.74) is 3.86. The Bertz CT molecular complexity index is 890. The molecule has 0 radical (unpaired) electrons. The zero-order chi connectivity index (χ0) is 19.2. The molecule has 0 atom stereocenters. The van der Waals surface area contributed by atoms with Gasteiger partial charge in [-0.2, -0.15) is 10.1 Å². The molecule has 0 bridgehead atoms. The summed E-state index contributed by atoms with van der Waals surface area (Å²) in [6.45, 7) is 7.74. The van der Waals surface area contributed by atoms with E-state index < -0.39 is 0 Å². The fourth-order valence-electron chi connectivity index (χ4n) is 3.48. The lowest BCUT2D eigenvalue weighted by Gasteiger charge is -2.35. The van der Waals surface area contributed by atoms with E-state index in [1.54, 1.807) is 6.20 Å². The van der Waals surface area contributed by atoms with Gasteiger partial charge in [0.25, 0.3) is 0 Å². The molecule has 0 amide bonds. The number of nitrogens with zero attached hydrogens (tertiary/aromatic N) is 5. The van der Waals surface area contributed by atoms with Crippen LogP contribution in [0.4, 0.5) is 11.8 Å². The van der Waals surface area contributed by atoms with Gasteiger partial charge in [0.05, 0.1) is 6.20 Å². The third-order valence-corrected chi connectivity index (χ3v) is 5.19. The van der Waals surface area contributed by atoms with Crippen LogP contribution >= 0.6 is 0 Å². The predicted molar refractivity (Wildman–Crippen MR) is 112 cm³/mol. The predicted octanol–water partition coefficient (Wildman–Crippen LogP) is 3.11. The highest BCUT2D eigenvalue weighted by Gasteiger charge is 2.19. The molecule has 144 valence electrons. The van der Waals surface area contributed by atoms with E-state index in [0.717, 1.165) is 38.5 Å². The minimum absolute atomic E-state index is 0.576. The molecule has 0 aliphatic carbocycles. The zero-order valence-corrected chi connectivity index (χ0v) is 16.3. The molecule has 3 aromatic rings. The largest absolute Gasteiger partial charge is 0.353 e. The second-order valence-electron chi connectivity index (χ2n) is 7.17. The molecule has 28 heavy (non-hydrogen) atoms. The topological polar surface area (TPSA) is 57.2 Å². The number of hydrogen-bond donors (Lipinski definition) is 1. The van der Waals surface area contributed by atoms with Gasteiger partial charge in [-0.05, 0) is 23.6 Å². The normalized spacial score (nSPS) is 14.8. The number of piperazine rings is 1. The Labute approximate surface area is 166 Å². The van der Waals surface area contributed by atoms with Crippen molar-refractivity contribution in [1.29, 1.82) is 0 Å². The highest BCUT2D eigenvalue weighted by molar-refractivity contribution is 5.41. The van der Waals surface area contributed by atoms with Gasteiger partial charge >= 0.3 is 0 Å². The molecule has 1 N–H and O–H groups in total. The Hall–Kier alpha value is -2.99. The van der Waals surface area contributed by atoms with Crippen LogP contribution in [0.25, 0.3) is 0 Å². The van der Waals surface area contributed by atoms with Gasteiger partial charge in [0, 0.05) is 39.3 Å². The lowest BCUT2D eigenvalue weighted by Crippen LogP contribution is -2.46. The molecule has 0 unspecified atom stereocenters. The van der Waals surface area contributed by atoms with E-state index in [1.165, 1.54) is 16.7 Å². The molecular weight excluding hydrogens is 348 g/mol. The van der Waals surface area contributed by atoms with E-state index in [9.17, 15) is 0 Å². The zero-order valence-electron chi connectivity index (χ0n) is 16.3. The molecule has 4 rings (SSSR count). The second kappa shape index (κ2) is 8.80. The summed E-state index contributed by atoms with van der Waals surface area (Å²) in [4.78, 5) is 9.44. The number of hydrogen-bond acceptors (Lipinski definition) is 6. The van der Waals surface area contributed by atoms with Crippen molar-refractivity contribution in [3.8, 4) is 0 Å². The molecule has 1 saturated heterocycles. The second-order valence-corrected chi connectivity index (χ2v) is 7.17. The monoisotopic (exact) mass is 374 g/mol. The quantitative estimate of drug-likeness (QED) is 0.715. The van der Waals surface area contributed by atoms with Gasteiger partial charge in [-0.25, -0.2) is 0 Å². The molecule has 2 aromatic carbocycles. The summed E-state index contributed by atoms with van der Waals surface area (Å²) < 4.78 is 0. The third-order valence-electron chi connectivity index (χ3n) is 5.19. The lowest BCUT2D eigenvalue weighted by atomic mass is 10.1. The van der Waals surface area contributed by atoms with Crippen molar-refractivity contribution in [2.45, 2.75) is 20.0 Å². The number of rotatable bonds is 6. The minimum Gasteiger partial charge on any atom is -0.353 e. The number of aromatic nitrogens is 3. The summed E-state index contributed by atoms with van der Waals surface area (Å²) in [6.07, 6.45) is 1.76. The van der Waals surface area contributed by atoms with Gasteiger partial charge in [-0.1, -0.05) is 54.6 Å². The smallest absolute Gasteiger partial charge is 0.244 e. The molecule has 1 fully saturated rings. The maximum atomic E-state index is 4.67. The van der Waals surface area contributed by atoms with Crippen LogP contribution in [0, 0.1) is 6.92 Å². The van der Waals surface area contributed by atoms with E-state index in [-0.39, 0.29) is 0 Å². The SMILES string of the molecule is Cc1ccccc1CNc1nncc(N2CCN(Cc3ccccc3)CC2)n1. The van der Waals surface area contributed by atoms with Crippen molar-refractivity contribution in [2.24, 2.45) is 0 Å². The number of aryl methyl sites for hydroxylation is 1. The molecule has 0 saturated carbocycles. The summed E-state index contributed by atoms with van der Waals surface area (Å²) >= 11 is 0. The van der Waals surface area contributed by atoms with Crippen LogP contribution < -0.4 is 10.2 Å². The summed E-state index contributed by atoms with van der Waals surface area (Å²) in [5, 5.41) is 11.6. The number of benzene rings is 2. The van der Waals surface area contributed by atoms with Crippen molar-refractivity contribution >= 4 is 11.8 Å². The van der Waals surface area contributed by atoms with Crippen molar-refractivity contribution in [3.05, 3.63) is 77.5 Å². The third kappa shape index (κ3) is 4.64. The molecule has 6 heteroatoms. The number of anilines is 2. The molecular formula is C22H26N6. The highest BCUT2D eigenvalue weighted by Crippen LogP contribution is 2.16. The maximum absolute atomic E-state index is 4.67. The fraction of sp³-hybridized carbons (Fsp3) is 0.318. The van der Waals surface area contributed by atoms with Gasteiger partial charge < -0.3 is 10.2 Å². The Morgan fingerprint density at radius 1 is 0.929 bits per heavy atom. The Morgan fingerprint density at radius 2 is 1.68 bits per heavy atom. The first-order valence-corrected chi connectivity index (χ1v) is 9.77. The fourth-order valence-corrected chi connectivity index (χ4v) is 3.48. The number of nitrogens with one attached hydrogen (secondary N) is 1. The molecule has 1 aliphatic heterocycles. The highest BCUT2D eigenvalue weighted by atomic mass is 15.3. The molecule has 6 nitrogen and oxygen atoms in total. The van der Waals surface area contributed by atoms with Gasteiger partial charge in [-0.15, -0.1) is 5.10 Å². The van der Waals surface area contributed by atoms with Gasteiger partial charge in [0.1, 0.15) is 0 Å². The van der Waals surface area contributed by atoms with Crippen LogP contribution in [0.3, 0.4) is 0 Å². The van der Waals surface area contributed by atoms with Crippen LogP contribution in [-0.4, -0.2) is 46.3 Å². The average Bonchev–Trinajstić information content (AvgIpc) is 2.75. The molecule has 0 spiro atoms. The van der Waals surface area contributed by atoms with Crippen molar-refractivity contribution in [2.75, 3.05) is 36.4 Å². The minimum atomic E-state index is 0.576. The Morgan fingerprint density at radius 3 is 2.46 bits per heavy atom. The van der Waals surface area contributed by atoms with Crippen molar-refractivity contribution in [3.63, 3.8) is 0 Å². The van der Waals surface area contributed by atoms with Crippen LogP contribution in [0.5, 0.6) is 0 Å². The maximum Gasteiger partial charge on any atom is 0.244 e. The van der Waals surface area contributed by atoms with Gasteiger partial charge in [0.15, 0.2) is 5.82 Å². The van der Waals surface area contributed by atoms with Crippen LogP contribution in [0.1, 0.15) is 16.7 Å². The van der Waals surface area contributed by atoms with Gasteiger partial charge in [0.2, 0.25) is 5.95 Å². The standard InChI is InChI=1S/C22H26N6/c1-18-7-5-6-10-20(18)15-23-22-25-21(16-24-26-22)28-13-11-27(12-14-28)17-19-8-3-2-4-9-19/h2-10,16H,11-15,17H2,1H3,(H,23,25,26). The van der Waals surface area contributed by atoms with Crippen LogP contribution in [-0.2, 0) is 13.1 Å².